The molecule has 0 saturated heterocycles. The number of carbonyl (C=O) groups excluding carboxylic acids is 1. The summed E-state index contributed by atoms with van der Waals surface area (Å²) in [5, 5.41) is 10.6. The summed E-state index contributed by atoms with van der Waals surface area (Å²) >= 11 is 0. The van der Waals surface area contributed by atoms with Crippen molar-refractivity contribution in [2.24, 2.45) is 0 Å². The summed E-state index contributed by atoms with van der Waals surface area (Å²) < 4.78 is 15.3. The quantitative estimate of drug-likeness (QED) is 0.579. The van der Waals surface area contributed by atoms with E-state index in [-0.39, 0.29) is 5.56 Å². The highest BCUT2D eigenvalue weighted by Crippen LogP contribution is 2.46. The molecule has 2 aromatic rings. The van der Waals surface area contributed by atoms with E-state index in [0.29, 0.717) is 17.1 Å². The van der Waals surface area contributed by atoms with Crippen molar-refractivity contribution in [3.63, 3.8) is 0 Å². The standard InChI is InChI=1S/C11H9O6P/c12-6-8-5-7-3-1-2-4-9(7)11(10(8)13)17-18(14,15)16/h1-6,13H,(H2,14,15,16). The molecule has 3 N–H and O–H groups in total. The molecule has 2 aromatic carbocycles. The van der Waals surface area contributed by atoms with Crippen LogP contribution in [0.3, 0.4) is 0 Å². The number of phosphoric acid groups is 1. The topological polar surface area (TPSA) is 104 Å². The number of fused-ring (bicyclic) bond motifs is 1. The van der Waals surface area contributed by atoms with Crippen LogP contribution in [0, 0.1) is 0 Å². The fraction of sp³-hybridized carbons (Fsp3) is 0. The van der Waals surface area contributed by atoms with Gasteiger partial charge < -0.3 is 9.63 Å². The van der Waals surface area contributed by atoms with Gasteiger partial charge in [0.25, 0.3) is 0 Å². The predicted octanol–water partition coefficient (Wildman–Crippen LogP) is 1.83. The van der Waals surface area contributed by atoms with Crippen molar-refractivity contribution < 1.29 is 28.8 Å². The lowest BCUT2D eigenvalue weighted by molar-refractivity contribution is 0.112. The maximum atomic E-state index is 10.9. The normalized spacial score (nSPS) is 11.4. The molecule has 0 aliphatic rings. The van der Waals surface area contributed by atoms with E-state index in [1.807, 2.05) is 0 Å². The van der Waals surface area contributed by atoms with Crippen molar-refractivity contribution in [3.05, 3.63) is 35.9 Å². The molecule has 18 heavy (non-hydrogen) atoms. The molecule has 0 amide bonds. The van der Waals surface area contributed by atoms with Crippen LogP contribution in [0.15, 0.2) is 30.3 Å². The molecule has 7 heteroatoms. The Morgan fingerprint density at radius 3 is 2.50 bits per heavy atom. The Hall–Kier alpha value is -1.88. The highest BCUT2D eigenvalue weighted by molar-refractivity contribution is 7.46. The van der Waals surface area contributed by atoms with Gasteiger partial charge in [0.05, 0.1) is 5.56 Å². The molecule has 0 aliphatic heterocycles. The van der Waals surface area contributed by atoms with Gasteiger partial charge in [-0.1, -0.05) is 24.3 Å². The van der Waals surface area contributed by atoms with Gasteiger partial charge >= 0.3 is 7.82 Å². The second kappa shape index (κ2) is 4.42. The lowest BCUT2D eigenvalue weighted by Crippen LogP contribution is -1.94. The number of hydrogen-bond donors (Lipinski definition) is 3. The minimum Gasteiger partial charge on any atom is -0.504 e. The highest BCUT2D eigenvalue weighted by atomic mass is 31.2. The maximum absolute atomic E-state index is 10.9. The van der Waals surface area contributed by atoms with Gasteiger partial charge in [-0.3, -0.25) is 14.6 Å². The van der Waals surface area contributed by atoms with E-state index in [9.17, 15) is 14.5 Å². The molecule has 0 atom stereocenters. The monoisotopic (exact) mass is 268 g/mol. The predicted molar refractivity (Wildman–Crippen MR) is 63.7 cm³/mol. The molecule has 0 aromatic heterocycles. The zero-order chi connectivity index (χ0) is 13.3. The maximum Gasteiger partial charge on any atom is 0.524 e. The highest BCUT2D eigenvalue weighted by Gasteiger charge is 2.22. The van der Waals surface area contributed by atoms with E-state index >= 15 is 0 Å². The summed E-state index contributed by atoms with van der Waals surface area (Å²) in [4.78, 5) is 28.4. The van der Waals surface area contributed by atoms with E-state index in [0.717, 1.165) is 0 Å². The van der Waals surface area contributed by atoms with Gasteiger partial charge in [-0.05, 0) is 11.5 Å². The van der Waals surface area contributed by atoms with Crippen molar-refractivity contribution >= 4 is 24.9 Å². The van der Waals surface area contributed by atoms with Crippen LogP contribution in [0.2, 0.25) is 0 Å². The number of aromatic hydroxyl groups is 1. The average molecular weight is 268 g/mol. The van der Waals surface area contributed by atoms with Crippen LogP contribution >= 0.6 is 7.82 Å². The molecule has 0 heterocycles. The number of rotatable bonds is 3. The number of aldehydes is 1. The lowest BCUT2D eigenvalue weighted by Gasteiger charge is -2.12. The van der Waals surface area contributed by atoms with Gasteiger partial charge in [-0.25, -0.2) is 4.57 Å². The SMILES string of the molecule is O=Cc1cc2ccccc2c(OP(=O)(O)O)c1O. The van der Waals surface area contributed by atoms with E-state index in [2.05, 4.69) is 4.52 Å². The molecular weight excluding hydrogens is 259 g/mol. The molecule has 0 aliphatic carbocycles. The third kappa shape index (κ3) is 2.36. The smallest absolute Gasteiger partial charge is 0.504 e. The third-order valence-corrected chi connectivity index (χ3v) is 2.76. The van der Waals surface area contributed by atoms with Gasteiger partial charge in [-0.2, -0.15) is 0 Å². The molecule has 0 bridgehead atoms. The summed E-state index contributed by atoms with van der Waals surface area (Å²) in [6.07, 6.45) is 0.383. The van der Waals surface area contributed by atoms with Crippen molar-refractivity contribution in [3.8, 4) is 11.5 Å². The summed E-state index contributed by atoms with van der Waals surface area (Å²) in [7, 11) is -4.83. The summed E-state index contributed by atoms with van der Waals surface area (Å²) in [5.41, 5.74) is -0.0999. The minimum absolute atomic E-state index is 0.0999. The number of benzene rings is 2. The Kier molecular flexibility index (Phi) is 3.09. The first-order valence-electron chi connectivity index (χ1n) is 4.87. The number of hydrogen-bond acceptors (Lipinski definition) is 4. The van der Waals surface area contributed by atoms with Gasteiger partial charge in [0.15, 0.2) is 17.8 Å². The fourth-order valence-electron chi connectivity index (χ4n) is 1.63. The zero-order valence-electron chi connectivity index (χ0n) is 8.98. The van der Waals surface area contributed by atoms with Gasteiger partial charge in [0.1, 0.15) is 0 Å². The number of phenolic OH excluding ortho intramolecular Hbond substituents is 1. The molecular formula is C11H9O6P. The Labute approximate surface area is 102 Å². The Bertz CT molecular complexity index is 660. The van der Waals surface area contributed by atoms with Crippen LogP contribution in [0.25, 0.3) is 10.8 Å². The zero-order valence-corrected chi connectivity index (χ0v) is 9.87. The van der Waals surface area contributed by atoms with Crippen LogP contribution < -0.4 is 4.52 Å². The van der Waals surface area contributed by atoms with Crippen LogP contribution in [0.1, 0.15) is 10.4 Å². The Morgan fingerprint density at radius 2 is 1.89 bits per heavy atom. The summed E-state index contributed by atoms with van der Waals surface area (Å²) in [6, 6.07) is 7.87. The lowest BCUT2D eigenvalue weighted by atomic mass is 10.1. The van der Waals surface area contributed by atoms with E-state index in [1.54, 1.807) is 18.2 Å². The van der Waals surface area contributed by atoms with Crippen LogP contribution in [-0.2, 0) is 4.57 Å². The van der Waals surface area contributed by atoms with E-state index in [4.69, 9.17) is 9.79 Å². The van der Waals surface area contributed by atoms with Gasteiger partial charge in [-0.15, -0.1) is 0 Å². The molecule has 0 radical (unpaired) electrons. The first-order valence-corrected chi connectivity index (χ1v) is 6.40. The molecule has 0 fully saturated rings. The van der Waals surface area contributed by atoms with Crippen molar-refractivity contribution in [1.82, 2.24) is 0 Å². The first-order chi connectivity index (χ1) is 8.42. The molecule has 0 spiro atoms. The summed E-state index contributed by atoms with van der Waals surface area (Å²) in [5.74, 6) is -0.990. The Balaban J connectivity index is 2.78. The second-order valence-electron chi connectivity index (χ2n) is 3.56. The van der Waals surface area contributed by atoms with E-state index in [1.165, 1.54) is 12.1 Å². The molecule has 0 unspecified atom stereocenters. The molecule has 0 saturated carbocycles. The van der Waals surface area contributed by atoms with Crippen LogP contribution in [-0.4, -0.2) is 21.2 Å². The van der Waals surface area contributed by atoms with Crippen molar-refractivity contribution in [2.75, 3.05) is 0 Å². The third-order valence-electron chi connectivity index (χ3n) is 2.34. The van der Waals surface area contributed by atoms with Gasteiger partial charge in [0.2, 0.25) is 0 Å². The number of carbonyl (C=O) groups is 1. The largest absolute Gasteiger partial charge is 0.524 e. The molecule has 6 nitrogen and oxygen atoms in total. The molecule has 2 rings (SSSR count). The summed E-state index contributed by atoms with van der Waals surface area (Å²) in [6.45, 7) is 0. The first kappa shape index (κ1) is 12.6. The minimum atomic E-state index is -4.83. The molecule has 94 valence electrons. The second-order valence-corrected chi connectivity index (χ2v) is 4.73. The Morgan fingerprint density at radius 1 is 1.22 bits per heavy atom. The van der Waals surface area contributed by atoms with Crippen LogP contribution in [0.4, 0.5) is 0 Å². The van der Waals surface area contributed by atoms with Gasteiger partial charge in [0, 0.05) is 5.39 Å². The van der Waals surface area contributed by atoms with Crippen LogP contribution in [0.5, 0.6) is 11.5 Å². The van der Waals surface area contributed by atoms with E-state index < -0.39 is 19.3 Å². The number of phenols is 1. The average Bonchev–Trinajstić information content (AvgIpc) is 2.31. The fourth-order valence-corrected chi connectivity index (χ4v) is 2.05. The van der Waals surface area contributed by atoms with Crippen molar-refractivity contribution in [2.45, 2.75) is 0 Å². The number of phosphoric ester groups is 1. The van der Waals surface area contributed by atoms with Crippen molar-refractivity contribution in [1.29, 1.82) is 0 Å².